The zero-order valence-electron chi connectivity index (χ0n) is 18.4. The molecule has 10 heteroatoms. The van der Waals surface area contributed by atoms with Crippen LogP contribution in [0.1, 0.15) is 28.2 Å². The lowest BCUT2D eigenvalue weighted by molar-refractivity contribution is 0.299. The second-order valence-electron chi connectivity index (χ2n) is 7.80. The average molecular weight is 451 g/mol. The number of hydrogen-bond donors (Lipinski definition) is 3. The van der Waals surface area contributed by atoms with Crippen molar-refractivity contribution in [1.29, 1.82) is 5.26 Å². The Labute approximate surface area is 195 Å². The quantitative estimate of drug-likeness (QED) is 0.343. The minimum Gasteiger partial charge on any atom is -0.396 e. The third kappa shape index (κ3) is 4.20. The van der Waals surface area contributed by atoms with E-state index in [1.165, 1.54) is 6.20 Å². The maximum atomic E-state index is 9.48. The van der Waals surface area contributed by atoms with Crippen molar-refractivity contribution in [2.24, 2.45) is 0 Å². The number of aromatic nitrogens is 7. The number of H-pyrrole nitrogens is 1. The molecule has 0 radical (unpaired) electrons. The maximum absolute atomic E-state index is 9.48. The van der Waals surface area contributed by atoms with Crippen molar-refractivity contribution in [3.8, 4) is 11.9 Å². The fraction of sp³-hybridized carbons (Fsp3) is 0.167. The van der Waals surface area contributed by atoms with E-state index < -0.39 is 0 Å². The molecule has 1 aromatic carbocycles. The van der Waals surface area contributed by atoms with Crippen LogP contribution in [0.3, 0.4) is 0 Å². The van der Waals surface area contributed by atoms with Crippen LogP contribution in [-0.4, -0.2) is 46.6 Å². The van der Waals surface area contributed by atoms with Crippen LogP contribution in [0, 0.1) is 18.3 Å². The first-order valence-electron chi connectivity index (χ1n) is 10.7. The number of hydrogen-bond acceptors (Lipinski definition) is 8. The molecule has 10 nitrogen and oxygen atoms in total. The van der Waals surface area contributed by atoms with Crippen LogP contribution in [0.25, 0.3) is 16.9 Å². The number of aromatic amines is 1. The van der Waals surface area contributed by atoms with Gasteiger partial charge in [-0.3, -0.25) is 9.67 Å². The summed E-state index contributed by atoms with van der Waals surface area (Å²) in [5.74, 6) is 1.35. The van der Waals surface area contributed by atoms with E-state index in [0.29, 0.717) is 35.7 Å². The third-order valence-electron chi connectivity index (χ3n) is 5.48. The molecule has 0 aliphatic heterocycles. The molecule has 0 aliphatic carbocycles. The number of benzene rings is 1. The molecule has 0 unspecified atom stereocenters. The molecule has 0 atom stereocenters. The van der Waals surface area contributed by atoms with Gasteiger partial charge in [0.1, 0.15) is 18.2 Å². The highest BCUT2D eigenvalue weighted by atomic mass is 16.2. The fourth-order valence-corrected chi connectivity index (χ4v) is 3.75. The van der Waals surface area contributed by atoms with Gasteiger partial charge in [-0.25, -0.2) is 9.97 Å². The van der Waals surface area contributed by atoms with E-state index >= 15 is 0 Å². The Morgan fingerprint density at radius 1 is 1.15 bits per heavy atom. The molecule has 0 bridgehead atoms. The number of rotatable bonds is 7. The molecule has 4 aromatic heterocycles. The van der Waals surface area contributed by atoms with Gasteiger partial charge in [0.25, 0.3) is 0 Å². The number of pyridine rings is 1. The Morgan fingerprint density at radius 2 is 2.06 bits per heavy atom. The van der Waals surface area contributed by atoms with Gasteiger partial charge in [0, 0.05) is 18.7 Å². The Morgan fingerprint density at radius 3 is 2.85 bits per heavy atom. The summed E-state index contributed by atoms with van der Waals surface area (Å²) in [6, 6.07) is 15.6. The van der Waals surface area contributed by atoms with Crippen molar-refractivity contribution in [1.82, 2.24) is 34.9 Å². The molecule has 0 saturated carbocycles. The van der Waals surface area contributed by atoms with Crippen molar-refractivity contribution >= 4 is 22.5 Å². The molecule has 4 heterocycles. The minimum absolute atomic E-state index is 0.0112. The first kappa shape index (κ1) is 21.2. The molecule has 0 spiro atoms. The van der Waals surface area contributed by atoms with Crippen LogP contribution in [0.15, 0.2) is 55.0 Å². The summed E-state index contributed by atoms with van der Waals surface area (Å²) in [6.07, 6.45) is 4.11. The van der Waals surface area contributed by atoms with Gasteiger partial charge in [0.05, 0.1) is 39.9 Å². The minimum atomic E-state index is 0.0112. The van der Waals surface area contributed by atoms with Gasteiger partial charge < -0.3 is 10.4 Å². The van der Waals surface area contributed by atoms with Crippen molar-refractivity contribution in [3.63, 3.8) is 0 Å². The van der Waals surface area contributed by atoms with Crippen molar-refractivity contribution in [3.05, 3.63) is 83.2 Å². The molecule has 3 N–H and O–H groups in total. The topological polar surface area (TPSA) is 141 Å². The molecular formula is C24H21N9O. The lowest BCUT2D eigenvalue weighted by atomic mass is 10.0. The summed E-state index contributed by atoms with van der Waals surface area (Å²) in [5.41, 5.74) is 6.26. The Hall–Kier alpha value is -4.62. The highest BCUT2D eigenvalue weighted by Gasteiger charge is 2.14. The van der Waals surface area contributed by atoms with Crippen LogP contribution in [0.2, 0.25) is 0 Å². The average Bonchev–Trinajstić information content (AvgIpc) is 3.48. The normalized spacial score (nSPS) is 11.0. The highest BCUT2D eigenvalue weighted by Crippen LogP contribution is 2.24. The molecule has 0 fully saturated rings. The number of aryl methyl sites for hydroxylation is 1. The van der Waals surface area contributed by atoms with Crippen LogP contribution < -0.4 is 5.32 Å². The van der Waals surface area contributed by atoms with Gasteiger partial charge in [-0.15, -0.1) is 5.10 Å². The Balaban J connectivity index is 1.47. The van der Waals surface area contributed by atoms with Crippen LogP contribution >= 0.6 is 0 Å². The largest absolute Gasteiger partial charge is 0.396 e. The van der Waals surface area contributed by atoms with Crippen LogP contribution in [0.4, 0.5) is 11.5 Å². The second kappa shape index (κ2) is 9.09. The standard InChI is InChI=1S/C24H21N9O/c1-15-2-6-23(32-30-15)28-18-4-5-22-21(10-18)26-14-33(22)24-7-3-16(8-9-34)19(29-24)11-20-17(12-25)13-27-31-20/h2-7,10,13-14,34H,8-9,11H2,1H3,(H,27,31)(H,28,32). The van der Waals surface area contributed by atoms with E-state index in [0.717, 1.165) is 33.7 Å². The molecule has 0 aliphatic rings. The van der Waals surface area contributed by atoms with Crippen molar-refractivity contribution < 1.29 is 5.11 Å². The first-order valence-corrected chi connectivity index (χ1v) is 10.7. The third-order valence-corrected chi connectivity index (χ3v) is 5.48. The molecule has 168 valence electrons. The number of fused-ring (bicyclic) bond motifs is 1. The summed E-state index contributed by atoms with van der Waals surface area (Å²) >= 11 is 0. The monoisotopic (exact) mass is 451 g/mol. The van der Waals surface area contributed by atoms with Gasteiger partial charge in [0.15, 0.2) is 5.82 Å². The number of anilines is 2. The molecule has 0 amide bonds. The van der Waals surface area contributed by atoms with E-state index in [4.69, 9.17) is 4.98 Å². The predicted octanol–water partition coefficient (Wildman–Crippen LogP) is 2.98. The number of aliphatic hydroxyl groups excluding tert-OH is 1. The summed E-state index contributed by atoms with van der Waals surface area (Å²) in [7, 11) is 0. The smallest absolute Gasteiger partial charge is 0.153 e. The summed E-state index contributed by atoms with van der Waals surface area (Å²) < 4.78 is 1.91. The zero-order valence-corrected chi connectivity index (χ0v) is 18.4. The van der Waals surface area contributed by atoms with Crippen molar-refractivity contribution in [2.45, 2.75) is 19.8 Å². The van der Waals surface area contributed by atoms with Crippen LogP contribution in [-0.2, 0) is 12.8 Å². The van der Waals surface area contributed by atoms with Gasteiger partial charge in [-0.1, -0.05) is 6.07 Å². The summed E-state index contributed by atoms with van der Waals surface area (Å²) in [5, 5.41) is 37.1. The number of nitrogens with one attached hydrogen (secondary N) is 2. The van der Waals surface area contributed by atoms with Crippen molar-refractivity contribution in [2.75, 3.05) is 11.9 Å². The molecule has 34 heavy (non-hydrogen) atoms. The van der Waals surface area contributed by atoms with E-state index in [1.54, 1.807) is 6.33 Å². The van der Waals surface area contributed by atoms with E-state index in [-0.39, 0.29) is 6.61 Å². The Bertz CT molecular complexity index is 1500. The zero-order chi connectivity index (χ0) is 23.5. The molecular weight excluding hydrogens is 430 g/mol. The summed E-state index contributed by atoms with van der Waals surface area (Å²) in [4.78, 5) is 9.40. The number of nitrogens with zero attached hydrogens (tertiary/aromatic N) is 7. The van der Waals surface area contributed by atoms with E-state index in [2.05, 4.69) is 36.8 Å². The highest BCUT2D eigenvalue weighted by molar-refractivity contribution is 5.81. The summed E-state index contributed by atoms with van der Waals surface area (Å²) in [6.45, 7) is 1.90. The second-order valence-corrected chi connectivity index (χ2v) is 7.80. The van der Waals surface area contributed by atoms with Gasteiger partial charge >= 0.3 is 0 Å². The molecule has 0 saturated heterocycles. The van der Waals surface area contributed by atoms with Gasteiger partial charge in [-0.2, -0.15) is 15.5 Å². The molecule has 5 aromatic rings. The van der Waals surface area contributed by atoms with E-state index in [1.807, 2.05) is 54.0 Å². The Kier molecular flexibility index (Phi) is 5.68. The first-order chi connectivity index (χ1) is 16.6. The lowest BCUT2D eigenvalue weighted by Gasteiger charge is -2.11. The SMILES string of the molecule is Cc1ccc(Nc2ccc3c(c2)ncn3-c2ccc(CCO)c(Cc3[nH]ncc3C#N)n2)nn1. The van der Waals surface area contributed by atoms with Gasteiger partial charge in [-0.05, 0) is 55.3 Å². The fourth-order valence-electron chi connectivity index (χ4n) is 3.75. The number of nitriles is 1. The number of imidazole rings is 1. The van der Waals surface area contributed by atoms with E-state index in [9.17, 15) is 10.4 Å². The molecule has 5 rings (SSSR count). The van der Waals surface area contributed by atoms with Crippen LogP contribution in [0.5, 0.6) is 0 Å². The van der Waals surface area contributed by atoms with Gasteiger partial charge in [0.2, 0.25) is 0 Å². The predicted molar refractivity (Wildman–Crippen MR) is 126 cm³/mol. The lowest BCUT2D eigenvalue weighted by Crippen LogP contribution is -2.06. The maximum Gasteiger partial charge on any atom is 0.153 e. The number of aliphatic hydroxyl groups is 1.